The second-order valence-electron chi connectivity index (χ2n) is 5.06. The molecule has 0 saturated heterocycles. The smallest absolute Gasteiger partial charge is 0.310 e. The number of esters is 1. The monoisotopic (exact) mass is 400 g/mol. The van der Waals surface area contributed by atoms with Gasteiger partial charge in [0.1, 0.15) is 23.4 Å². The fourth-order valence-electron chi connectivity index (χ4n) is 1.88. The molecule has 0 radical (unpaired) electrons. The Balaban J connectivity index is 2.87. The van der Waals surface area contributed by atoms with E-state index in [-0.39, 0.29) is 24.9 Å². The number of benzene rings is 1. The van der Waals surface area contributed by atoms with Gasteiger partial charge in [0.15, 0.2) is 0 Å². The van der Waals surface area contributed by atoms with Gasteiger partial charge < -0.3 is 14.6 Å². The quantitative estimate of drug-likeness (QED) is 0.385. The molecule has 0 aliphatic heterocycles. The van der Waals surface area contributed by atoms with Crippen LogP contribution in [0.15, 0.2) is 40.6 Å². The van der Waals surface area contributed by atoms with E-state index in [0.717, 1.165) is 0 Å². The van der Waals surface area contributed by atoms with Gasteiger partial charge in [0, 0.05) is 18.1 Å². The minimum absolute atomic E-state index is 0.0140. The van der Waals surface area contributed by atoms with Crippen molar-refractivity contribution in [3.05, 3.63) is 52.0 Å². The van der Waals surface area contributed by atoms with Gasteiger partial charge in [-0.2, -0.15) is 0 Å². The van der Waals surface area contributed by atoms with Crippen molar-refractivity contribution in [1.82, 2.24) is 0 Å². The molecule has 1 atom stereocenters. The highest BCUT2D eigenvalue weighted by Gasteiger charge is 2.13. The Bertz CT molecular complexity index is 625. The predicted octanol–water partition coefficient (Wildman–Crippen LogP) is 4.83. The van der Waals surface area contributed by atoms with E-state index in [1.54, 1.807) is 26.0 Å². The van der Waals surface area contributed by atoms with Crippen molar-refractivity contribution in [3.63, 3.8) is 0 Å². The standard InChI is InChI=1S/C18H22BrFO4/c1-4-16(21)15(19)9-6-12(3)24-17-11-14(20)8-7-13(17)10-18(22)23-5-2/h6-9,11-12,21H,4-5,10H2,1-3H3/b9-6-,16-15-. The third-order valence-corrected chi connectivity index (χ3v) is 3.83. The second-order valence-corrected chi connectivity index (χ2v) is 5.92. The van der Waals surface area contributed by atoms with E-state index < -0.39 is 11.8 Å². The van der Waals surface area contributed by atoms with Crippen LogP contribution in [0.5, 0.6) is 5.75 Å². The second kappa shape index (κ2) is 10.1. The normalized spacial score (nSPS) is 13.5. The topological polar surface area (TPSA) is 55.8 Å². The summed E-state index contributed by atoms with van der Waals surface area (Å²) in [7, 11) is 0. The number of aliphatic hydroxyl groups excluding tert-OH is 1. The molecular weight excluding hydrogens is 379 g/mol. The largest absolute Gasteiger partial charge is 0.511 e. The Labute approximate surface area is 150 Å². The van der Waals surface area contributed by atoms with Crippen LogP contribution in [-0.2, 0) is 16.0 Å². The molecule has 0 aliphatic carbocycles. The third-order valence-electron chi connectivity index (χ3n) is 3.11. The fraction of sp³-hybridized carbons (Fsp3) is 0.389. The highest BCUT2D eigenvalue weighted by molar-refractivity contribution is 9.11. The number of aliphatic hydroxyl groups is 1. The highest BCUT2D eigenvalue weighted by Crippen LogP contribution is 2.23. The molecule has 0 spiro atoms. The summed E-state index contributed by atoms with van der Waals surface area (Å²) < 4.78 is 24.7. The fourth-order valence-corrected chi connectivity index (χ4v) is 2.31. The molecule has 1 unspecified atom stereocenters. The molecule has 1 aromatic carbocycles. The molecule has 0 saturated carbocycles. The summed E-state index contributed by atoms with van der Waals surface area (Å²) in [6, 6.07) is 4.03. The Morgan fingerprint density at radius 1 is 1.42 bits per heavy atom. The van der Waals surface area contributed by atoms with E-state index in [9.17, 15) is 14.3 Å². The number of carbonyl (C=O) groups is 1. The maximum atomic E-state index is 13.5. The van der Waals surface area contributed by atoms with Crippen LogP contribution < -0.4 is 4.74 Å². The number of carbonyl (C=O) groups excluding carboxylic acids is 1. The van der Waals surface area contributed by atoms with Crippen molar-refractivity contribution in [3.8, 4) is 5.75 Å². The van der Waals surface area contributed by atoms with Crippen molar-refractivity contribution < 1.29 is 23.8 Å². The number of rotatable bonds is 8. The summed E-state index contributed by atoms with van der Waals surface area (Å²) in [5, 5.41) is 9.60. The number of allylic oxidation sites excluding steroid dienone is 3. The molecule has 24 heavy (non-hydrogen) atoms. The lowest BCUT2D eigenvalue weighted by atomic mass is 10.1. The number of hydrogen-bond donors (Lipinski definition) is 1. The van der Waals surface area contributed by atoms with Gasteiger partial charge in [-0.25, -0.2) is 4.39 Å². The molecular formula is C18H22BrFO4. The summed E-state index contributed by atoms with van der Waals surface area (Å²) in [6.45, 7) is 5.62. The minimum Gasteiger partial charge on any atom is -0.511 e. The van der Waals surface area contributed by atoms with Crippen LogP contribution in [0.25, 0.3) is 0 Å². The van der Waals surface area contributed by atoms with Crippen LogP contribution in [0.1, 0.15) is 32.8 Å². The lowest BCUT2D eigenvalue weighted by Crippen LogP contribution is -2.13. The lowest BCUT2D eigenvalue weighted by molar-refractivity contribution is -0.142. The summed E-state index contributed by atoms with van der Waals surface area (Å²) in [5.74, 6) is -0.318. The number of halogens is 2. The summed E-state index contributed by atoms with van der Waals surface area (Å²) in [6.07, 6.45) is 3.53. The molecule has 1 N–H and O–H groups in total. The van der Waals surface area contributed by atoms with Crippen LogP contribution in [0.3, 0.4) is 0 Å². The van der Waals surface area contributed by atoms with Gasteiger partial charge in [0.25, 0.3) is 0 Å². The average Bonchev–Trinajstić information content (AvgIpc) is 2.54. The van der Waals surface area contributed by atoms with Gasteiger partial charge in [-0.3, -0.25) is 4.79 Å². The van der Waals surface area contributed by atoms with E-state index in [0.29, 0.717) is 22.2 Å². The zero-order chi connectivity index (χ0) is 18.1. The highest BCUT2D eigenvalue weighted by atomic mass is 79.9. The van der Waals surface area contributed by atoms with Crippen molar-refractivity contribution in [2.45, 2.75) is 39.7 Å². The molecule has 0 heterocycles. The molecule has 0 aromatic heterocycles. The third kappa shape index (κ3) is 6.74. The van der Waals surface area contributed by atoms with Gasteiger partial charge in [0.05, 0.1) is 17.5 Å². The molecule has 4 nitrogen and oxygen atoms in total. The molecule has 0 bridgehead atoms. The van der Waals surface area contributed by atoms with Gasteiger partial charge in [-0.15, -0.1) is 0 Å². The van der Waals surface area contributed by atoms with Gasteiger partial charge in [-0.05, 0) is 48.0 Å². The maximum absolute atomic E-state index is 13.5. The van der Waals surface area contributed by atoms with Crippen molar-refractivity contribution >= 4 is 21.9 Å². The van der Waals surface area contributed by atoms with E-state index >= 15 is 0 Å². The first-order valence-electron chi connectivity index (χ1n) is 7.73. The molecule has 1 rings (SSSR count). The maximum Gasteiger partial charge on any atom is 0.310 e. The van der Waals surface area contributed by atoms with Crippen molar-refractivity contribution in [1.29, 1.82) is 0 Å². The Hall–Kier alpha value is -1.82. The van der Waals surface area contributed by atoms with Gasteiger partial charge in [-0.1, -0.05) is 13.0 Å². The molecule has 0 aliphatic rings. The van der Waals surface area contributed by atoms with E-state index in [1.807, 2.05) is 6.92 Å². The molecule has 132 valence electrons. The first-order chi connectivity index (χ1) is 11.4. The summed E-state index contributed by atoms with van der Waals surface area (Å²) >= 11 is 3.26. The van der Waals surface area contributed by atoms with E-state index in [2.05, 4.69) is 15.9 Å². The van der Waals surface area contributed by atoms with Crippen molar-refractivity contribution in [2.24, 2.45) is 0 Å². The van der Waals surface area contributed by atoms with Crippen LogP contribution in [0.4, 0.5) is 4.39 Å². The van der Waals surface area contributed by atoms with E-state index in [1.165, 1.54) is 18.2 Å². The van der Waals surface area contributed by atoms with E-state index in [4.69, 9.17) is 9.47 Å². The predicted molar refractivity (Wildman–Crippen MR) is 94.8 cm³/mol. The first kappa shape index (κ1) is 20.2. The zero-order valence-electron chi connectivity index (χ0n) is 14.0. The summed E-state index contributed by atoms with van der Waals surface area (Å²) in [4.78, 5) is 11.6. The molecule has 0 amide bonds. The minimum atomic E-state index is -0.446. The SMILES string of the molecule is CCOC(=O)Cc1ccc(F)cc1OC(C)/C=C\C(Br)=C(\O)CC. The molecule has 6 heteroatoms. The lowest BCUT2D eigenvalue weighted by Gasteiger charge is -2.15. The Morgan fingerprint density at radius 2 is 2.12 bits per heavy atom. The van der Waals surface area contributed by atoms with Gasteiger partial charge >= 0.3 is 5.97 Å². The first-order valence-corrected chi connectivity index (χ1v) is 8.53. The van der Waals surface area contributed by atoms with Gasteiger partial charge in [0.2, 0.25) is 0 Å². The van der Waals surface area contributed by atoms with Crippen LogP contribution >= 0.6 is 15.9 Å². The summed E-state index contributed by atoms with van der Waals surface area (Å²) in [5.41, 5.74) is 0.557. The Kier molecular flexibility index (Phi) is 8.54. The number of ether oxygens (including phenoxy) is 2. The van der Waals surface area contributed by atoms with Crippen molar-refractivity contribution in [2.75, 3.05) is 6.61 Å². The zero-order valence-corrected chi connectivity index (χ0v) is 15.6. The van der Waals surface area contributed by atoms with Crippen LogP contribution in [-0.4, -0.2) is 23.8 Å². The van der Waals surface area contributed by atoms with Crippen LogP contribution in [0, 0.1) is 5.82 Å². The Morgan fingerprint density at radius 3 is 2.75 bits per heavy atom. The average molecular weight is 401 g/mol. The van der Waals surface area contributed by atoms with Crippen LogP contribution in [0.2, 0.25) is 0 Å². The molecule has 1 aromatic rings. The number of hydrogen-bond acceptors (Lipinski definition) is 4. The molecule has 0 fully saturated rings.